The maximum absolute atomic E-state index is 11.4. The summed E-state index contributed by atoms with van der Waals surface area (Å²) in [7, 11) is 3.24. The van der Waals surface area contributed by atoms with Crippen LogP contribution >= 0.6 is 0 Å². The zero-order valence-corrected chi connectivity index (χ0v) is 23.3. The zero-order chi connectivity index (χ0) is 27.8. The molecule has 12 nitrogen and oxygen atoms in total. The maximum Gasteiger partial charge on any atom is 0.222 e. The lowest BCUT2D eigenvalue weighted by Crippen LogP contribution is -2.28. The van der Waals surface area contributed by atoms with E-state index in [4.69, 9.17) is 33.2 Å². The second kappa shape index (κ2) is 32.4. The Morgan fingerprint density at radius 3 is 1.32 bits per heavy atom. The molecule has 0 aliphatic heterocycles. The van der Waals surface area contributed by atoms with Gasteiger partial charge in [-0.2, -0.15) is 0 Å². The van der Waals surface area contributed by atoms with Crippen molar-refractivity contribution >= 4 is 17.6 Å². The highest BCUT2D eigenvalue weighted by Gasteiger charge is 2.01. The van der Waals surface area contributed by atoms with Crippen LogP contribution in [0.4, 0.5) is 0 Å². The van der Waals surface area contributed by atoms with Gasteiger partial charge in [-0.05, 0) is 13.3 Å². The summed E-state index contributed by atoms with van der Waals surface area (Å²) < 4.78 is 35.8. The fourth-order valence-corrected chi connectivity index (χ4v) is 2.34. The van der Waals surface area contributed by atoms with Crippen molar-refractivity contribution in [1.29, 1.82) is 0 Å². The van der Waals surface area contributed by atoms with Gasteiger partial charge in [0.25, 0.3) is 0 Å². The Bertz CT molecular complexity index is 524. The lowest BCUT2D eigenvalue weighted by molar-refractivity contribution is -0.123. The van der Waals surface area contributed by atoms with Gasteiger partial charge < -0.3 is 43.8 Å². The van der Waals surface area contributed by atoms with Crippen molar-refractivity contribution in [2.24, 2.45) is 0 Å². The van der Waals surface area contributed by atoms with E-state index in [0.29, 0.717) is 112 Å². The van der Waals surface area contributed by atoms with E-state index in [1.165, 1.54) is 0 Å². The number of ether oxygens (including phenoxy) is 7. The van der Waals surface area contributed by atoms with Gasteiger partial charge in [-0.25, -0.2) is 0 Å². The first kappa shape index (κ1) is 37.5. The normalized spacial score (nSPS) is 10.5. The van der Waals surface area contributed by atoms with E-state index in [9.17, 15) is 14.4 Å². The van der Waals surface area contributed by atoms with Crippen molar-refractivity contribution in [3.05, 3.63) is 0 Å². The van der Waals surface area contributed by atoms with Crippen LogP contribution in [-0.2, 0) is 47.5 Å². The summed E-state index contributed by atoms with van der Waals surface area (Å²) in [5.74, 6) is 0.152. The third-order valence-corrected chi connectivity index (χ3v) is 4.29. The average Bonchev–Trinajstić information content (AvgIpc) is 2.87. The lowest BCUT2D eigenvalue weighted by Gasteiger charge is -2.07. The fourth-order valence-electron chi connectivity index (χ4n) is 2.34. The molecular weight excluding hydrogens is 488 g/mol. The summed E-state index contributed by atoms with van der Waals surface area (Å²) in [5, 5.41) is 5.50. The largest absolute Gasteiger partial charge is 0.382 e. The predicted molar refractivity (Wildman–Crippen MR) is 139 cm³/mol. The Morgan fingerprint density at radius 1 is 0.514 bits per heavy atom. The Hall–Kier alpha value is -1.67. The number of hydrogen-bond donors (Lipinski definition) is 2. The zero-order valence-electron chi connectivity index (χ0n) is 23.3. The minimum Gasteiger partial charge on any atom is -0.382 e. The molecule has 0 rings (SSSR count). The van der Waals surface area contributed by atoms with Crippen molar-refractivity contribution in [1.82, 2.24) is 10.6 Å². The van der Waals surface area contributed by atoms with Gasteiger partial charge in [-0.1, -0.05) is 6.92 Å². The van der Waals surface area contributed by atoms with E-state index >= 15 is 0 Å². The molecule has 0 unspecified atom stereocenters. The number of hydrogen-bond acceptors (Lipinski definition) is 10. The van der Waals surface area contributed by atoms with Gasteiger partial charge in [0.1, 0.15) is 5.78 Å². The molecule has 2 N–H and O–H groups in total. The van der Waals surface area contributed by atoms with Crippen LogP contribution in [0.5, 0.6) is 0 Å². The topological polar surface area (TPSA) is 140 Å². The maximum atomic E-state index is 11.4. The molecule has 0 heterocycles. The van der Waals surface area contributed by atoms with Crippen LogP contribution in [0.1, 0.15) is 39.5 Å². The van der Waals surface area contributed by atoms with Crippen LogP contribution in [-0.4, -0.2) is 124 Å². The van der Waals surface area contributed by atoms with E-state index in [2.05, 4.69) is 10.6 Å². The first-order chi connectivity index (χ1) is 18.0. The van der Waals surface area contributed by atoms with E-state index in [-0.39, 0.29) is 17.6 Å². The number of ketones is 1. The number of carbonyl (C=O) groups is 3. The highest BCUT2D eigenvalue weighted by Crippen LogP contribution is 1.87. The number of Topliss-reactive ketones (excluding diaryl/α,β-unsaturated/α-hetero) is 1. The van der Waals surface area contributed by atoms with E-state index in [0.717, 1.165) is 6.42 Å². The third kappa shape index (κ3) is 36.6. The third-order valence-electron chi connectivity index (χ3n) is 4.29. The molecule has 0 fully saturated rings. The highest BCUT2D eigenvalue weighted by molar-refractivity contribution is 5.76. The molecule has 0 aromatic heterocycles. The molecule has 0 saturated heterocycles. The second-order valence-corrected chi connectivity index (χ2v) is 7.70. The molecule has 0 aliphatic carbocycles. The van der Waals surface area contributed by atoms with Crippen molar-refractivity contribution < 1.29 is 47.5 Å². The summed E-state index contributed by atoms with van der Waals surface area (Å²) in [6.45, 7) is 10.6. The number of carbonyl (C=O) groups excluding carboxylic acids is 3. The van der Waals surface area contributed by atoms with Gasteiger partial charge in [0.15, 0.2) is 0 Å². The molecule has 0 radical (unpaired) electrons. The smallest absolute Gasteiger partial charge is 0.222 e. The molecule has 0 spiro atoms. The molecule has 0 aromatic carbocycles. The van der Waals surface area contributed by atoms with Crippen molar-refractivity contribution in [3.63, 3.8) is 0 Å². The van der Waals surface area contributed by atoms with E-state index < -0.39 is 0 Å². The monoisotopic (exact) mass is 538 g/mol. The average molecular weight is 539 g/mol. The lowest BCUT2D eigenvalue weighted by atomic mass is 10.3. The molecule has 220 valence electrons. The second-order valence-electron chi connectivity index (χ2n) is 7.70. The van der Waals surface area contributed by atoms with Crippen LogP contribution in [0.2, 0.25) is 0 Å². The quantitative estimate of drug-likeness (QED) is 0.152. The van der Waals surface area contributed by atoms with Crippen LogP contribution in [0.25, 0.3) is 0 Å². The Balaban J connectivity index is 0. The molecule has 2 amide bonds. The number of nitrogens with one attached hydrogen (secondary N) is 2. The molecule has 12 heteroatoms. The summed E-state index contributed by atoms with van der Waals surface area (Å²) in [5.41, 5.74) is 0. The van der Waals surface area contributed by atoms with Crippen LogP contribution < -0.4 is 10.6 Å². The van der Waals surface area contributed by atoms with Crippen molar-refractivity contribution in [2.45, 2.75) is 39.5 Å². The molecular formula is C25H50N2O10. The summed E-state index contributed by atoms with van der Waals surface area (Å²) in [4.78, 5) is 33.0. The van der Waals surface area contributed by atoms with Crippen molar-refractivity contribution in [2.75, 3.05) is 107 Å². The van der Waals surface area contributed by atoms with Crippen molar-refractivity contribution in [3.8, 4) is 0 Å². The van der Waals surface area contributed by atoms with Gasteiger partial charge in [0.05, 0.1) is 79.3 Å². The minimum atomic E-state index is -0.0411. The Morgan fingerprint density at radius 2 is 0.892 bits per heavy atom. The van der Waals surface area contributed by atoms with Crippen LogP contribution in [0, 0.1) is 0 Å². The van der Waals surface area contributed by atoms with Gasteiger partial charge in [-0.3, -0.25) is 14.4 Å². The summed E-state index contributed by atoms with van der Waals surface area (Å²) in [6.07, 6.45) is 2.22. The fraction of sp³-hybridized carbons (Fsp3) is 0.880. The molecule has 0 aliphatic rings. The Labute approximate surface area is 222 Å². The Kier molecular flexibility index (Phi) is 32.8. The molecule has 0 bridgehead atoms. The van der Waals surface area contributed by atoms with E-state index in [1.807, 2.05) is 6.92 Å². The number of methoxy groups -OCH3 is 2. The first-order valence-corrected chi connectivity index (χ1v) is 12.9. The summed E-state index contributed by atoms with van der Waals surface area (Å²) >= 11 is 0. The highest BCUT2D eigenvalue weighted by atomic mass is 16.5. The SMILES string of the molecule is CCCC(=O)NCCOCCOCCC(C)=O.COCCOCCNC(=O)CCOCCOCCOC. The number of rotatable bonds is 26. The van der Waals surface area contributed by atoms with Crippen LogP contribution in [0.3, 0.4) is 0 Å². The number of amides is 2. The van der Waals surface area contributed by atoms with Gasteiger partial charge in [0.2, 0.25) is 11.8 Å². The molecule has 0 atom stereocenters. The molecule has 0 saturated carbocycles. The first-order valence-electron chi connectivity index (χ1n) is 12.9. The van der Waals surface area contributed by atoms with Gasteiger partial charge in [0, 0.05) is 46.6 Å². The van der Waals surface area contributed by atoms with Crippen LogP contribution in [0.15, 0.2) is 0 Å². The molecule has 37 heavy (non-hydrogen) atoms. The van der Waals surface area contributed by atoms with E-state index in [1.54, 1.807) is 21.1 Å². The van der Waals surface area contributed by atoms with Gasteiger partial charge >= 0.3 is 0 Å². The van der Waals surface area contributed by atoms with Gasteiger partial charge in [-0.15, -0.1) is 0 Å². The predicted octanol–water partition coefficient (Wildman–Crippen LogP) is 0.750. The molecule has 0 aromatic rings. The minimum absolute atomic E-state index is 0.0411. The standard InChI is InChI=1S/C13H27NO6.C12H23NO4/c1-16-7-9-19-6-4-14-13(15)3-5-18-11-12-20-10-8-17-2;1-3-4-12(15)13-6-8-17-10-9-16-7-5-11(2)14/h3-12H2,1-2H3,(H,14,15);3-10H2,1-2H3,(H,13,15). The summed E-state index contributed by atoms with van der Waals surface area (Å²) in [6, 6.07) is 0.